The summed E-state index contributed by atoms with van der Waals surface area (Å²) >= 11 is 6.00. The van der Waals surface area contributed by atoms with Crippen LogP contribution in [0.2, 0.25) is 5.02 Å². The van der Waals surface area contributed by atoms with E-state index in [-0.39, 0.29) is 12.5 Å². The number of benzene rings is 2. The Morgan fingerprint density at radius 3 is 2.52 bits per heavy atom. The highest BCUT2D eigenvalue weighted by Crippen LogP contribution is 2.20. The van der Waals surface area contributed by atoms with E-state index in [0.717, 1.165) is 5.69 Å². The molecule has 2 aromatic carbocycles. The number of carbonyl (C=O) groups excluding carboxylic acids is 1. The first-order chi connectivity index (χ1) is 10.1. The molecule has 0 saturated carbocycles. The summed E-state index contributed by atoms with van der Waals surface area (Å²) in [4.78, 5) is 13.8. The fraction of sp³-hybridized carbons (Fsp3) is 0.125. The van der Waals surface area contributed by atoms with Crippen LogP contribution in [0.1, 0.15) is 5.56 Å². The number of likely N-dealkylation sites (N-methyl/N-ethyl adjacent to an activating group) is 1. The van der Waals surface area contributed by atoms with Crippen LogP contribution in [0.5, 0.6) is 0 Å². The minimum atomic E-state index is -0.157. The second kappa shape index (κ2) is 6.78. The van der Waals surface area contributed by atoms with E-state index in [2.05, 4.69) is 11.4 Å². The van der Waals surface area contributed by atoms with Crippen LogP contribution in [-0.2, 0) is 4.79 Å². The van der Waals surface area contributed by atoms with Gasteiger partial charge in [-0.05, 0) is 36.4 Å². The van der Waals surface area contributed by atoms with Crippen LogP contribution in [-0.4, -0.2) is 19.5 Å². The highest BCUT2D eigenvalue weighted by Gasteiger charge is 2.09. The van der Waals surface area contributed by atoms with Crippen molar-refractivity contribution >= 4 is 28.9 Å². The summed E-state index contributed by atoms with van der Waals surface area (Å²) in [5.41, 5.74) is 2.05. The minimum absolute atomic E-state index is 0.157. The molecule has 0 aliphatic heterocycles. The molecule has 1 amide bonds. The fourth-order valence-corrected chi connectivity index (χ4v) is 2.03. The molecule has 0 atom stereocenters. The molecule has 0 aromatic heterocycles. The molecule has 2 rings (SSSR count). The van der Waals surface area contributed by atoms with Crippen molar-refractivity contribution in [2.24, 2.45) is 0 Å². The third-order valence-electron chi connectivity index (χ3n) is 2.97. The molecule has 0 fully saturated rings. The molecule has 4 nitrogen and oxygen atoms in total. The lowest BCUT2D eigenvalue weighted by Gasteiger charge is -2.19. The molecular weight excluding hydrogens is 286 g/mol. The molecule has 2 aromatic rings. The maximum Gasteiger partial charge on any atom is 0.243 e. The lowest BCUT2D eigenvalue weighted by molar-refractivity contribution is -0.114. The van der Waals surface area contributed by atoms with Crippen LogP contribution in [0.4, 0.5) is 11.4 Å². The second-order valence-electron chi connectivity index (χ2n) is 4.54. The standard InChI is InChI=1S/C16H14ClN3O/c1-20(13-8-6-12(10-18)7-9-13)11-16(21)19-15-5-3-2-4-14(15)17/h2-9H,11H2,1H3,(H,19,21). The monoisotopic (exact) mass is 299 g/mol. The number of amides is 1. The Hall–Kier alpha value is -2.51. The Balaban J connectivity index is 1.99. The number of carbonyl (C=O) groups is 1. The van der Waals surface area contributed by atoms with Crippen LogP contribution in [0.25, 0.3) is 0 Å². The molecule has 0 spiro atoms. The van der Waals surface area contributed by atoms with Gasteiger partial charge in [0.25, 0.3) is 0 Å². The predicted molar refractivity (Wildman–Crippen MR) is 84.5 cm³/mol. The van der Waals surface area contributed by atoms with Crippen LogP contribution in [0.3, 0.4) is 0 Å². The molecule has 0 radical (unpaired) electrons. The number of halogens is 1. The van der Waals surface area contributed by atoms with E-state index in [4.69, 9.17) is 16.9 Å². The number of anilines is 2. The van der Waals surface area contributed by atoms with Crippen molar-refractivity contribution in [3.05, 3.63) is 59.1 Å². The zero-order chi connectivity index (χ0) is 15.2. The van der Waals surface area contributed by atoms with Gasteiger partial charge in [-0.15, -0.1) is 0 Å². The Bertz CT molecular complexity index is 677. The fourth-order valence-electron chi connectivity index (χ4n) is 1.85. The first-order valence-corrected chi connectivity index (χ1v) is 6.73. The van der Waals surface area contributed by atoms with Gasteiger partial charge in [0, 0.05) is 12.7 Å². The second-order valence-corrected chi connectivity index (χ2v) is 4.95. The van der Waals surface area contributed by atoms with E-state index in [0.29, 0.717) is 16.3 Å². The summed E-state index contributed by atoms with van der Waals surface area (Å²) < 4.78 is 0. The van der Waals surface area contributed by atoms with E-state index in [9.17, 15) is 4.79 Å². The van der Waals surface area contributed by atoms with Crippen LogP contribution >= 0.6 is 11.6 Å². The molecule has 5 heteroatoms. The molecule has 0 bridgehead atoms. The van der Waals surface area contributed by atoms with Gasteiger partial charge < -0.3 is 10.2 Å². The zero-order valence-corrected chi connectivity index (χ0v) is 12.3. The average molecular weight is 300 g/mol. The Kier molecular flexibility index (Phi) is 4.81. The number of nitrogens with zero attached hydrogens (tertiary/aromatic N) is 2. The lowest BCUT2D eigenvalue weighted by Crippen LogP contribution is -2.30. The number of para-hydroxylation sites is 1. The summed E-state index contributed by atoms with van der Waals surface area (Å²) in [6.07, 6.45) is 0. The van der Waals surface area contributed by atoms with Crippen molar-refractivity contribution in [1.82, 2.24) is 0 Å². The number of hydrogen-bond donors (Lipinski definition) is 1. The summed E-state index contributed by atoms with van der Waals surface area (Å²) in [7, 11) is 1.81. The van der Waals surface area contributed by atoms with E-state index in [1.54, 1.807) is 47.4 Å². The smallest absolute Gasteiger partial charge is 0.243 e. The van der Waals surface area contributed by atoms with Gasteiger partial charge in [0.2, 0.25) is 5.91 Å². The van der Waals surface area contributed by atoms with E-state index in [1.165, 1.54) is 0 Å². The maximum atomic E-state index is 12.0. The van der Waals surface area contributed by atoms with Gasteiger partial charge in [-0.3, -0.25) is 4.79 Å². The molecule has 1 N–H and O–H groups in total. The average Bonchev–Trinajstić information content (AvgIpc) is 2.49. The van der Waals surface area contributed by atoms with Gasteiger partial charge in [-0.25, -0.2) is 0 Å². The Morgan fingerprint density at radius 1 is 1.24 bits per heavy atom. The van der Waals surface area contributed by atoms with Gasteiger partial charge >= 0.3 is 0 Å². The largest absolute Gasteiger partial charge is 0.365 e. The van der Waals surface area contributed by atoms with Crippen molar-refractivity contribution in [3.8, 4) is 6.07 Å². The van der Waals surface area contributed by atoms with Gasteiger partial charge in [0.1, 0.15) is 0 Å². The Labute approximate surface area is 128 Å². The highest BCUT2D eigenvalue weighted by atomic mass is 35.5. The molecule has 106 valence electrons. The molecule has 0 heterocycles. The van der Waals surface area contributed by atoms with E-state index >= 15 is 0 Å². The highest BCUT2D eigenvalue weighted by molar-refractivity contribution is 6.33. The SMILES string of the molecule is CN(CC(=O)Nc1ccccc1Cl)c1ccc(C#N)cc1. The van der Waals surface area contributed by atoms with Crippen molar-refractivity contribution in [1.29, 1.82) is 5.26 Å². The Morgan fingerprint density at radius 2 is 1.90 bits per heavy atom. The van der Waals surface area contributed by atoms with E-state index < -0.39 is 0 Å². The molecule has 0 saturated heterocycles. The van der Waals surface area contributed by atoms with Gasteiger partial charge in [-0.1, -0.05) is 23.7 Å². The van der Waals surface area contributed by atoms with E-state index in [1.807, 2.05) is 13.1 Å². The molecule has 0 aliphatic carbocycles. The summed E-state index contributed by atoms with van der Waals surface area (Å²) in [6, 6.07) is 16.2. The van der Waals surface area contributed by atoms with Crippen molar-refractivity contribution in [2.75, 3.05) is 23.8 Å². The normalized spacial score (nSPS) is 9.76. The van der Waals surface area contributed by atoms with Gasteiger partial charge in [0.15, 0.2) is 0 Å². The quantitative estimate of drug-likeness (QED) is 0.942. The molecule has 0 aliphatic rings. The first kappa shape index (κ1) is 14.9. The summed E-state index contributed by atoms with van der Waals surface area (Å²) in [5, 5.41) is 12.0. The molecular formula is C16H14ClN3O. The first-order valence-electron chi connectivity index (χ1n) is 6.36. The number of hydrogen-bond acceptors (Lipinski definition) is 3. The van der Waals surface area contributed by atoms with Gasteiger partial charge in [0.05, 0.1) is 28.9 Å². The number of rotatable bonds is 4. The summed E-state index contributed by atoms with van der Waals surface area (Å²) in [6.45, 7) is 0.192. The van der Waals surface area contributed by atoms with Crippen molar-refractivity contribution in [3.63, 3.8) is 0 Å². The third kappa shape index (κ3) is 3.98. The van der Waals surface area contributed by atoms with Crippen molar-refractivity contribution in [2.45, 2.75) is 0 Å². The molecule has 0 unspecified atom stereocenters. The van der Waals surface area contributed by atoms with Crippen LogP contribution < -0.4 is 10.2 Å². The zero-order valence-electron chi connectivity index (χ0n) is 11.5. The molecule has 21 heavy (non-hydrogen) atoms. The lowest BCUT2D eigenvalue weighted by atomic mass is 10.2. The maximum absolute atomic E-state index is 12.0. The summed E-state index contributed by atoms with van der Waals surface area (Å²) in [5.74, 6) is -0.157. The van der Waals surface area contributed by atoms with Crippen LogP contribution in [0.15, 0.2) is 48.5 Å². The predicted octanol–water partition coefficient (Wildman–Crippen LogP) is 3.29. The van der Waals surface area contributed by atoms with Crippen LogP contribution in [0, 0.1) is 11.3 Å². The minimum Gasteiger partial charge on any atom is -0.365 e. The van der Waals surface area contributed by atoms with Gasteiger partial charge in [-0.2, -0.15) is 5.26 Å². The number of nitrogens with one attached hydrogen (secondary N) is 1. The topological polar surface area (TPSA) is 56.1 Å². The van der Waals surface area contributed by atoms with Crippen molar-refractivity contribution < 1.29 is 4.79 Å². The number of nitriles is 1. The third-order valence-corrected chi connectivity index (χ3v) is 3.30.